The Morgan fingerprint density at radius 2 is 0.506 bits per heavy atom. The Morgan fingerprint density at radius 3 is 0.718 bits per heavy atom. The number of hydrogen-bond acceptors (Lipinski definition) is 26. The minimum atomic E-state index is -0.933. The number of ether oxygens (including phenoxy) is 8. The van der Waals surface area contributed by atoms with E-state index in [1.807, 2.05) is 13.8 Å². The van der Waals surface area contributed by atoms with Crippen LogP contribution in [-0.4, -0.2) is 368 Å². The van der Waals surface area contributed by atoms with Crippen LogP contribution in [0, 0.1) is 5.92 Å². The van der Waals surface area contributed by atoms with Crippen LogP contribution in [0.3, 0.4) is 0 Å². The average Bonchev–Trinajstić information content (AvgIpc) is 3.56. The topological polar surface area (TPSA) is 402 Å². The van der Waals surface area contributed by atoms with Crippen molar-refractivity contribution in [1.29, 1.82) is 0 Å². The lowest BCUT2D eigenvalue weighted by atomic mass is 10.1. The SMILES string of the molecule is CC[C@H](O)CCOC(CCN1CCN(CCC(COCC[C@@H](O)CO)OCC[C@@H](O)CO)CCN(CC[C@H](COCC[C@@H](O)CO)OCC[C@@H](C)CO)CCN(CC[C@H](COCC[C@@H](O)CO)OCC[C@@H](O)CO)CC1)COCC[C@@H](O)CO.O. The maximum atomic E-state index is 10.4. The van der Waals surface area contributed by atoms with Crippen LogP contribution in [0.15, 0.2) is 0 Å². The van der Waals surface area contributed by atoms with E-state index in [2.05, 4.69) is 19.6 Å². The number of nitrogens with zero attached hydrogens (tertiary/aromatic N) is 4. The Labute approximate surface area is 507 Å². The molecule has 0 aliphatic carbocycles. The summed E-state index contributed by atoms with van der Waals surface area (Å²) in [6.07, 6.45) is -1.81. The molecule has 85 heavy (non-hydrogen) atoms. The maximum absolute atomic E-state index is 10.4. The van der Waals surface area contributed by atoms with E-state index < -0.39 is 55.9 Å². The molecule has 0 aromatic heterocycles. The van der Waals surface area contributed by atoms with Gasteiger partial charge in [-0.05, 0) is 89.4 Å². The molecule has 0 spiro atoms. The van der Waals surface area contributed by atoms with E-state index in [0.29, 0.717) is 137 Å². The molecule has 1 heterocycles. The van der Waals surface area contributed by atoms with Gasteiger partial charge in [-0.15, -0.1) is 0 Å². The van der Waals surface area contributed by atoms with Crippen molar-refractivity contribution in [2.45, 2.75) is 164 Å². The van der Waals surface area contributed by atoms with E-state index in [9.17, 15) is 71.5 Å². The Morgan fingerprint density at radius 1 is 0.294 bits per heavy atom. The molecule has 27 heteroatoms. The van der Waals surface area contributed by atoms with Gasteiger partial charge in [0.1, 0.15) is 0 Å². The molecule has 1 aliphatic rings. The van der Waals surface area contributed by atoms with Crippen molar-refractivity contribution in [2.75, 3.05) is 204 Å². The van der Waals surface area contributed by atoms with E-state index >= 15 is 0 Å². The van der Waals surface area contributed by atoms with Crippen molar-refractivity contribution in [3.05, 3.63) is 0 Å². The summed E-state index contributed by atoms with van der Waals surface area (Å²) < 4.78 is 49.1. The molecule has 12 atom stereocenters. The molecule has 0 saturated carbocycles. The molecular formula is C58H122N4O23. The van der Waals surface area contributed by atoms with Crippen molar-refractivity contribution in [3.8, 4) is 0 Å². The smallest absolute Gasteiger partial charge is 0.0820 e. The van der Waals surface area contributed by atoms with Crippen LogP contribution in [0.4, 0.5) is 0 Å². The molecule has 0 aromatic carbocycles. The second-order valence-electron chi connectivity index (χ2n) is 22.5. The largest absolute Gasteiger partial charge is 0.412 e. The van der Waals surface area contributed by atoms with Crippen LogP contribution in [0.2, 0.25) is 0 Å². The molecule has 1 rings (SSSR count). The van der Waals surface area contributed by atoms with Gasteiger partial charge in [-0.25, -0.2) is 0 Å². The summed E-state index contributed by atoms with van der Waals surface area (Å²) in [7, 11) is 0. The molecule has 16 N–H and O–H groups in total. The van der Waals surface area contributed by atoms with Gasteiger partial charge in [-0.1, -0.05) is 13.8 Å². The highest BCUT2D eigenvalue weighted by atomic mass is 16.5. The first kappa shape index (κ1) is 83.9. The zero-order valence-corrected chi connectivity index (χ0v) is 51.9. The monoisotopic (exact) mass is 1240 g/mol. The molecule has 0 bridgehead atoms. The molecule has 512 valence electrons. The summed E-state index contributed by atoms with van der Waals surface area (Å²) in [5.41, 5.74) is 0. The zero-order chi connectivity index (χ0) is 62.0. The normalized spacial score (nSPS) is 19.2. The zero-order valence-electron chi connectivity index (χ0n) is 51.9. The Kier molecular flexibility index (Phi) is 56.1. The molecule has 0 amide bonds. The van der Waals surface area contributed by atoms with Gasteiger partial charge >= 0.3 is 0 Å². The first-order chi connectivity index (χ1) is 40.6. The molecule has 1 aliphatic heterocycles. The first-order valence-electron chi connectivity index (χ1n) is 31.3. The van der Waals surface area contributed by atoms with Crippen LogP contribution in [0.25, 0.3) is 0 Å². The summed E-state index contributed by atoms with van der Waals surface area (Å²) in [4.78, 5) is 9.63. The van der Waals surface area contributed by atoms with Crippen molar-refractivity contribution in [3.63, 3.8) is 0 Å². The van der Waals surface area contributed by atoms with Crippen molar-refractivity contribution in [1.82, 2.24) is 19.6 Å². The molecule has 0 aromatic rings. The predicted octanol–water partition coefficient (Wildman–Crippen LogP) is -3.81. The molecular weight excluding hydrogens is 1120 g/mol. The number of aliphatic hydroxyl groups excluding tert-OH is 14. The van der Waals surface area contributed by atoms with Gasteiger partial charge in [0.05, 0.1) is 133 Å². The van der Waals surface area contributed by atoms with Gasteiger partial charge < -0.3 is 134 Å². The standard InChI is InChI=1S/C58H120N4O22.H2O/c1-3-48(70)13-33-82-56(44-78-29-10-50(72)38-65)5-17-60-24-26-61(18-6-57(83-34-14-53(75)41-68)45-79-30-11-51(73)39-66)22-20-59(16-4-55(81-32-8-47(2)36-63)43-77-28-9-49(71)37-64)21-23-62(27-25-60)19-7-58(84-35-15-54(76)42-69)46-80-31-12-52(74)40-67;/h47-58,63-76H,3-46H2,1-2H3;1H2/t47-,48+,49-,50-,51-,52-,53-,54-,55-,56?,57-,58?;/m1./s1. The van der Waals surface area contributed by atoms with Crippen molar-refractivity contribution < 1.29 is 115 Å². The van der Waals surface area contributed by atoms with E-state index in [1.54, 1.807) is 0 Å². The lowest BCUT2D eigenvalue weighted by molar-refractivity contribution is -0.0459. The quantitative estimate of drug-likeness (QED) is 0.0260. The first-order valence-corrected chi connectivity index (χ1v) is 31.3. The van der Waals surface area contributed by atoms with Crippen LogP contribution >= 0.6 is 0 Å². The lowest BCUT2D eigenvalue weighted by Crippen LogP contribution is -2.48. The molecule has 1 fully saturated rings. The summed E-state index contributed by atoms with van der Waals surface area (Å²) in [5, 5.41) is 137. The van der Waals surface area contributed by atoms with E-state index in [0.717, 1.165) is 0 Å². The van der Waals surface area contributed by atoms with Gasteiger partial charge in [0, 0.05) is 138 Å². The highest BCUT2D eigenvalue weighted by Gasteiger charge is 2.24. The minimum absolute atomic E-state index is 0. The van der Waals surface area contributed by atoms with Crippen LogP contribution in [0.1, 0.15) is 97.3 Å². The van der Waals surface area contributed by atoms with Crippen LogP contribution < -0.4 is 0 Å². The molecule has 2 unspecified atom stereocenters. The Hall–Kier alpha value is -1.08. The summed E-state index contributed by atoms with van der Waals surface area (Å²) >= 11 is 0. The molecule has 0 radical (unpaired) electrons. The number of rotatable bonds is 56. The van der Waals surface area contributed by atoms with E-state index in [-0.39, 0.29) is 173 Å². The Balaban J connectivity index is 0.0000706. The van der Waals surface area contributed by atoms with Gasteiger partial charge in [0.25, 0.3) is 0 Å². The lowest BCUT2D eigenvalue weighted by Gasteiger charge is -2.36. The van der Waals surface area contributed by atoms with Gasteiger partial charge in [-0.2, -0.15) is 0 Å². The van der Waals surface area contributed by atoms with Crippen LogP contribution in [-0.2, 0) is 37.9 Å². The van der Waals surface area contributed by atoms with E-state index in [4.69, 9.17) is 37.9 Å². The average molecular weight is 1240 g/mol. The fraction of sp³-hybridized carbons (Fsp3) is 1.00. The summed E-state index contributed by atoms with van der Waals surface area (Å²) in [5.74, 6) is 0.0536. The predicted molar refractivity (Wildman–Crippen MR) is 318 cm³/mol. The number of aliphatic hydroxyl groups is 14. The fourth-order valence-corrected chi connectivity index (χ4v) is 8.77. The molecule has 1 saturated heterocycles. The van der Waals surface area contributed by atoms with Crippen LogP contribution in [0.5, 0.6) is 0 Å². The van der Waals surface area contributed by atoms with Gasteiger partial charge in [0.15, 0.2) is 0 Å². The maximum Gasteiger partial charge on any atom is 0.0820 e. The van der Waals surface area contributed by atoms with Gasteiger partial charge in [0.2, 0.25) is 0 Å². The third-order valence-corrected chi connectivity index (χ3v) is 15.0. The highest BCUT2D eigenvalue weighted by molar-refractivity contribution is 4.77. The second-order valence-corrected chi connectivity index (χ2v) is 22.5. The summed E-state index contributed by atoms with van der Waals surface area (Å²) in [6, 6.07) is 0. The molecule has 27 nitrogen and oxygen atoms in total. The van der Waals surface area contributed by atoms with Crippen molar-refractivity contribution in [2.24, 2.45) is 5.92 Å². The summed E-state index contributed by atoms with van der Waals surface area (Å²) in [6.45, 7) is 12.5. The highest BCUT2D eigenvalue weighted by Crippen LogP contribution is 2.14. The van der Waals surface area contributed by atoms with Crippen molar-refractivity contribution >= 4 is 0 Å². The van der Waals surface area contributed by atoms with Gasteiger partial charge in [-0.3, -0.25) is 0 Å². The van der Waals surface area contributed by atoms with E-state index in [1.165, 1.54) is 0 Å². The number of hydrogen-bond donors (Lipinski definition) is 14. The third kappa shape index (κ3) is 47.5. The Bertz CT molecular complexity index is 1210. The fourth-order valence-electron chi connectivity index (χ4n) is 8.77. The third-order valence-electron chi connectivity index (χ3n) is 15.0. The second kappa shape index (κ2) is 56.9. The minimum Gasteiger partial charge on any atom is -0.412 e.